The van der Waals surface area contributed by atoms with E-state index in [9.17, 15) is 14.7 Å². The summed E-state index contributed by atoms with van der Waals surface area (Å²) in [5.41, 5.74) is 0. The molecule has 0 amide bonds. The second kappa shape index (κ2) is 58.1. The molecular formula is C63H108O5. The number of allylic oxidation sites excluding steroid dienone is 16. The lowest BCUT2D eigenvalue weighted by Crippen LogP contribution is -2.28. The number of hydrogen-bond acceptors (Lipinski definition) is 5. The van der Waals surface area contributed by atoms with Gasteiger partial charge in [-0.3, -0.25) is 9.59 Å². The number of aliphatic hydroxyl groups excluding tert-OH is 1. The predicted molar refractivity (Wildman–Crippen MR) is 297 cm³/mol. The topological polar surface area (TPSA) is 72.8 Å². The molecular weight excluding hydrogens is 837 g/mol. The first-order valence-electron chi connectivity index (χ1n) is 28.8. The van der Waals surface area contributed by atoms with Crippen molar-refractivity contribution >= 4 is 11.9 Å². The monoisotopic (exact) mass is 945 g/mol. The van der Waals surface area contributed by atoms with Gasteiger partial charge in [0.1, 0.15) is 6.61 Å². The summed E-state index contributed by atoms with van der Waals surface area (Å²) in [4.78, 5) is 24.5. The molecule has 0 rings (SSSR count). The molecule has 1 unspecified atom stereocenters. The third kappa shape index (κ3) is 55.4. The van der Waals surface area contributed by atoms with E-state index >= 15 is 0 Å². The molecule has 0 aliphatic heterocycles. The lowest BCUT2D eigenvalue weighted by molar-refractivity contribution is -0.161. The Bertz CT molecular complexity index is 1300. The molecule has 1 atom stereocenters. The van der Waals surface area contributed by atoms with Crippen LogP contribution in [0.4, 0.5) is 0 Å². The highest BCUT2D eigenvalue weighted by Crippen LogP contribution is 2.16. The Morgan fingerprint density at radius 1 is 0.353 bits per heavy atom. The van der Waals surface area contributed by atoms with E-state index in [1.165, 1.54) is 161 Å². The minimum absolute atomic E-state index is 0.0696. The molecule has 0 heterocycles. The summed E-state index contributed by atoms with van der Waals surface area (Å²) in [5.74, 6) is -0.591. The molecule has 0 aromatic heterocycles. The van der Waals surface area contributed by atoms with E-state index in [0.29, 0.717) is 12.8 Å². The number of rotatable bonds is 52. The fourth-order valence-electron chi connectivity index (χ4n) is 8.06. The average molecular weight is 946 g/mol. The fourth-order valence-corrected chi connectivity index (χ4v) is 8.06. The van der Waals surface area contributed by atoms with Crippen LogP contribution >= 0.6 is 0 Å². The Balaban J connectivity index is 3.49. The Morgan fingerprint density at radius 3 is 0.956 bits per heavy atom. The van der Waals surface area contributed by atoms with Gasteiger partial charge in [-0.2, -0.15) is 0 Å². The van der Waals surface area contributed by atoms with Crippen molar-refractivity contribution in [3.63, 3.8) is 0 Å². The number of carbonyl (C=O) groups excluding carboxylic acids is 2. The average Bonchev–Trinajstić information content (AvgIpc) is 3.34. The van der Waals surface area contributed by atoms with Crippen LogP contribution < -0.4 is 0 Å². The molecule has 68 heavy (non-hydrogen) atoms. The van der Waals surface area contributed by atoms with Gasteiger partial charge in [0.15, 0.2) is 6.10 Å². The maximum Gasteiger partial charge on any atom is 0.306 e. The summed E-state index contributed by atoms with van der Waals surface area (Å²) in [6, 6.07) is 0. The largest absolute Gasteiger partial charge is 0.462 e. The highest BCUT2D eigenvalue weighted by Gasteiger charge is 2.16. The minimum Gasteiger partial charge on any atom is -0.462 e. The fraction of sp³-hybridized carbons (Fsp3) is 0.714. The first kappa shape index (κ1) is 64.8. The lowest BCUT2D eigenvalue weighted by atomic mass is 10.0. The van der Waals surface area contributed by atoms with Crippen molar-refractivity contribution in [2.45, 2.75) is 277 Å². The van der Waals surface area contributed by atoms with Gasteiger partial charge in [-0.15, -0.1) is 0 Å². The van der Waals surface area contributed by atoms with Gasteiger partial charge in [-0.05, 0) is 96.3 Å². The summed E-state index contributed by atoms with van der Waals surface area (Å²) in [6.07, 6.45) is 82.4. The molecule has 5 heteroatoms. The number of hydrogen-bond donors (Lipinski definition) is 1. The maximum absolute atomic E-state index is 12.3. The van der Waals surface area contributed by atoms with Crippen LogP contribution in [0.5, 0.6) is 0 Å². The van der Waals surface area contributed by atoms with Gasteiger partial charge in [0, 0.05) is 12.8 Å². The smallest absolute Gasteiger partial charge is 0.306 e. The second-order valence-electron chi connectivity index (χ2n) is 19.0. The van der Waals surface area contributed by atoms with Crippen molar-refractivity contribution in [1.29, 1.82) is 0 Å². The van der Waals surface area contributed by atoms with Crippen LogP contribution in [0.15, 0.2) is 97.2 Å². The summed E-state index contributed by atoms with van der Waals surface area (Å²) in [7, 11) is 0. The van der Waals surface area contributed by atoms with Gasteiger partial charge >= 0.3 is 11.9 Å². The van der Waals surface area contributed by atoms with E-state index in [1.807, 2.05) is 0 Å². The van der Waals surface area contributed by atoms with Crippen LogP contribution in [0, 0.1) is 0 Å². The Labute approximate surface area is 421 Å². The van der Waals surface area contributed by atoms with Gasteiger partial charge in [-0.25, -0.2) is 0 Å². The van der Waals surface area contributed by atoms with Gasteiger partial charge in [0.25, 0.3) is 0 Å². The van der Waals surface area contributed by atoms with Gasteiger partial charge in [0.05, 0.1) is 6.61 Å². The molecule has 0 aromatic carbocycles. The molecule has 0 spiro atoms. The molecule has 0 saturated carbocycles. The van der Waals surface area contributed by atoms with Gasteiger partial charge < -0.3 is 14.6 Å². The zero-order valence-corrected chi connectivity index (χ0v) is 44.6. The Morgan fingerprint density at radius 2 is 0.632 bits per heavy atom. The lowest BCUT2D eigenvalue weighted by Gasteiger charge is -2.15. The summed E-state index contributed by atoms with van der Waals surface area (Å²) < 4.78 is 10.7. The first-order chi connectivity index (χ1) is 33.6. The van der Waals surface area contributed by atoms with Crippen LogP contribution in [0.2, 0.25) is 0 Å². The standard InChI is InChI=1S/C63H108O5/c1-3-5-7-9-11-13-15-17-19-21-23-24-25-26-27-28-29-30-31-32-33-34-35-36-37-38-40-42-44-46-48-50-52-54-56-58-63(66)68-61(59-64)60-67-62(65)57-55-53-51-49-47-45-43-41-39-22-20-18-16-14-12-10-8-6-4-2/h5,7,11-14,17-20,23-24,26-27,29-30,61,64H,3-4,6,8-10,15-16,21-22,25,28,31-60H2,1-2H3/b7-5-,13-11-,14-12-,19-17-,20-18-,24-23-,27-26-,30-29-. The molecule has 0 bridgehead atoms. The highest BCUT2D eigenvalue weighted by atomic mass is 16.6. The highest BCUT2D eigenvalue weighted by molar-refractivity contribution is 5.70. The number of unbranched alkanes of at least 4 members (excludes halogenated alkanes) is 28. The number of ether oxygens (including phenoxy) is 2. The van der Waals surface area contributed by atoms with Crippen molar-refractivity contribution < 1.29 is 24.2 Å². The Kier molecular flexibility index (Phi) is 55.4. The number of carbonyl (C=O) groups is 2. The molecule has 0 fully saturated rings. The van der Waals surface area contributed by atoms with Gasteiger partial charge in [0.2, 0.25) is 0 Å². The van der Waals surface area contributed by atoms with Crippen molar-refractivity contribution in [2.75, 3.05) is 13.2 Å². The zero-order chi connectivity index (χ0) is 49.2. The van der Waals surface area contributed by atoms with Crippen LogP contribution in [-0.2, 0) is 19.1 Å². The van der Waals surface area contributed by atoms with E-state index in [0.717, 1.165) is 83.5 Å². The molecule has 1 N–H and O–H groups in total. The predicted octanol–water partition coefficient (Wildman–Crippen LogP) is 19.5. The molecule has 0 aliphatic rings. The maximum atomic E-state index is 12.3. The summed E-state index contributed by atoms with van der Waals surface area (Å²) >= 11 is 0. The normalized spacial score (nSPS) is 12.9. The van der Waals surface area contributed by atoms with E-state index in [-0.39, 0.29) is 25.2 Å². The quantitative estimate of drug-likeness (QED) is 0.0374. The summed E-state index contributed by atoms with van der Waals surface area (Å²) in [6.45, 7) is 4.01. The van der Waals surface area contributed by atoms with Crippen molar-refractivity contribution in [3.8, 4) is 0 Å². The van der Waals surface area contributed by atoms with Crippen LogP contribution in [0.1, 0.15) is 271 Å². The van der Waals surface area contributed by atoms with Crippen LogP contribution in [-0.4, -0.2) is 36.4 Å². The van der Waals surface area contributed by atoms with E-state index < -0.39 is 6.10 Å². The molecule has 0 saturated heterocycles. The minimum atomic E-state index is -0.778. The number of esters is 2. The van der Waals surface area contributed by atoms with Crippen molar-refractivity contribution in [3.05, 3.63) is 97.2 Å². The number of aliphatic hydroxyl groups is 1. The van der Waals surface area contributed by atoms with Crippen LogP contribution in [0.3, 0.4) is 0 Å². The second-order valence-corrected chi connectivity index (χ2v) is 19.0. The van der Waals surface area contributed by atoms with E-state index in [2.05, 4.69) is 111 Å². The van der Waals surface area contributed by atoms with Crippen molar-refractivity contribution in [1.82, 2.24) is 0 Å². The molecule has 0 aromatic rings. The van der Waals surface area contributed by atoms with Crippen molar-refractivity contribution in [2.24, 2.45) is 0 Å². The molecule has 0 aliphatic carbocycles. The Hall–Kier alpha value is -3.18. The molecule has 390 valence electrons. The SMILES string of the molecule is CC/C=C\C/C=C\C/C=C\C/C=C\C/C=C\C/C=C\CCCCCCCCCCCCCCCCCCC(=O)OC(CO)COC(=O)CCCCCCCCCCC/C=C\C/C=C\CCCCC. The zero-order valence-electron chi connectivity index (χ0n) is 44.6. The first-order valence-corrected chi connectivity index (χ1v) is 28.8. The molecule has 0 radical (unpaired) electrons. The third-order valence-electron chi connectivity index (χ3n) is 12.4. The summed E-state index contributed by atoms with van der Waals surface area (Å²) in [5, 5.41) is 9.65. The van der Waals surface area contributed by atoms with E-state index in [4.69, 9.17) is 9.47 Å². The molecule has 5 nitrogen and oxygen atoms in total. The van der Waals surface area contributed by atoms with E-state index in [1.54, 1.807) is 0 Å². The third-order valence-corrected chi connectivity index (χ3v) is 12.4. The van der Waals surface area contributed by atoms with Crippen LogP contribution in [0.25, 0.3) is 0 Å². The van der Waals surface area contributed by atoms with Gasteiger partial charge in [-0.1, -0.05) is 259 Å².